The van der Waals surface area contributed by atoms with Gasteiger partial charge in [-0.2, -0.15) is 12.6 Å². The fraction of sp³-hybridized carbons (Fsp3) is 1.00. The fourth-order valence-electron chi connectivity index (χ4n) is 1.11. The van der Waals surface area contributed by atoms with Gasteiger partial charge in [0.2, 0.25) is 5.66 Å². The van der Waals surface area contributed by atoms with Crippen LogP contribution in [0.25, 0.3) is 0 Å². The van der Waals surface area contributed by atoms with E-state index < -0.39 is 5.66 Å². The summed E-state index contributed by atoms with van der Waals surface area (Å²) in [6.45, 7) is 2.01. The molecule has 0 aromatic heterocycles. The molecule has 1 aliphatic heterocycles. The van der Waals surface area contributed by atoms with Crippen molar-refractivity contribution >= 4 is 12.6 Å². The summed E-state index contributed by atoms with van der Waals surface area (Å²) in [5.74, 6) is 0. The molecule has 0 aromatic carbocycles. The van der Waals surface area contributed by atoms with E-state index in [0.717, 1.165) is 6.42 Å². The highest BCUT2D eigenvalue weighted by atomic mass is 32.1. The van der Waals surface area contributed by atoms with Gasteiger partial charge >= 0.3 is 0 Å². The van der Waals surface area contributed by atoms with Crippen LogP contribution in [0.1, 0.15) is 19.8 Å². The molecule has 5 nitrogen and oxygen atoms in total. The molecule has 1 unspecified atom stereocenters. The molecule has 0 saturated heterocycles. The van der Waals surface area contributed by atoms with Crippen molar-refractivity contribution in [1.29, 1.82) is 0 Å². The van der Waals surface area contributed by atoms with Gasteiger partial charge in [0.1, 0.15) is 0 Å². The van der Waals surface area contributed by atoms with Crippen molar-refractivity contribution in [2.45, 2.75) is 30.7 Å². The minimum atomic E-state index is -0.716. The molecule has 68 valence electrons. The van der Waals surface area contributed by atoms with Gasteiger partial charge < -0.3 is 5.11 Å². The zero-order valence-electron chi connectivity index (χ0n) is 6.88. The first-order valence-electron chi connectivity index (χ1n) is 3.88. The average Bonchev–Trinajstić information content (AvgIpc) is 2.53. The van der Waals surface area contributed by atoms with E-state index in [0.29, 0.717) is 6.42 Å². The predicted molar refractivity (Wildman–Crippen MR) is 47.2 cm³/mol. The lowest BCUT2D eigenvalue weighted by atomic mass is 10.0. The van der Waals surface area contributed by atoms with Crippen LogP contribution in [0.4, 0.5) is 0 Å². The first kappa shape index (κ1) is 9.60. The minimum absolute atomic E-state index is 0.0229. The molecule has 0 spiro atoms. The molecule has 0 radical (unpaired) electrons. The first-order chi connectivity index (χ1) is 5.75. The number of rotatable bonds is 4. The molecule has 1 N–H and O–H groups in total. The van der Waals surface area contributed by atoms with E-state index in [1.807, 2.05) is 6.92 Å². The Kier molecular flexibility index (Phi) is 3.16. The standard InChI is InChI=1S/C6H12N4OS/c1-2-5(12)6(3-4-11)7-9-10-8-6/h5,11-12H,2-4H2,1H3. The minimum Gasteiger partial charge on any atom is -0.396 e. The summed E-state index contributed by atoms with van der Waals surface area (Å²) >= 11 is 4.33. The quantitative estimate of drug-likeness (QED) is 0.646. The lowest BCUT2D eigenvalue weighted by Gasteiger charge is -2.23. The summed E-state index contributed by atoms with van der Waals surface area (Å²) in [7, 11) is 0. The summed E-state index contributed by atoms with van der Waals surface area (Å²) in [5, 5.41) is 23.4. The van der Waals surface area contributed by atoms with Gasteiger partial charge in [-0.3, -0.25) is 0 Å². The Morgan fingerprint density at radius 1 is 1.42 bits per heavy atom. The molecule has 0 bridgehead atoms. The van der Waals surface area contributed by atoms with E-state index in [1.54, 1.807) is 0 Å². The van der Waals surface area contributed by atoms with Crippen LogP contribution in [0.3, 0.4) is 0 Å². The maximum atomic E-state index is 8.80. The Labute approximate surface area is 76.4 Å². The van der Waals surface area contributed by atoms with Gasteiger partial charge in [-0.05, 0) is 16.9 Å². The van der Waals surface area contributed by atoms with Crippen LogP contribution in [0, 0.1) is 0 Å². The number of aliphatic hydroxyl groups excluding tert-OH is 1. The van der Waals surface area contributed by atoms with Gasteiger partial charge in [0.25, 0.3) is 0 Å². The predicted octanol–water partition coefficient (Wildman–Crippen LogP) is 1.61. The van der Waals surface area contributed by atoms with Gasteiger partial charge in [-0.1, -0.05) is 6.92 Å². The molecule has 0 aromatic rings. The van der Waals surface area contributed by atoms with Crippen LogP contribution in [0.2, 0.25) is 0 Å². The maximum absolute atomic E-state index is 8.80. The lowest BCUT2D eigenvalue weighted by Crippen LogP contribution is -2.34. The van der Waals surface area contributed by atoms with E-state index in [-0.39, 0.29) is 11.9 Å². The number of hydrogen-bond donors (Lipinski definition) is 2. The Morgan fingerprint density at radius 3 is 2.42 bits per heavy atom. The second kappa shape index (κ2) is 3.95. The highest BCUT2D eigenvalue weighted by Gasteiger charge is 2.38. The van der Waals surface area contributed by atoms with Crippen LogP contribution in [-0.2, 0) is 0 Å². The van der Waals surface area contributed by atoms with E-state index >= 15 is 0 Å². The second-order valence-corrected chi connectivity index (χ2v) is 3.28. The molecule has 1 atom stereocenters. The zero-order valence-corrected chi connectivity index (χ0v) is 7.78. The summed E-state index contributed by atoms with van der Waals surface area (Å²) < 4.78 is 0. The van der Waals surface area contributed by atoms with Crippen molar-refractivity contribution in [1.82, 2.24) is 0 Å². The van der Waals surface area contributed by atoms with Crippen LogP contribution in [0.5, 0.6) is 0 Å². The fourth-order valence-corrected chi connectivity index (χ4v) is 1.34. The molecule has 1 aliphatic rings. The van der Waals surface area contributed by atoms with Gasteiger partial charge in [0, 0.05) is 13.0 Å². The van der Waals surface area contributed by atoms with Crippen LogP contribution in [0.15, 0.2) is 20.7 Å². The van der Waals surface area contributed by atoms with E-state index in [2.05, 4.69) is 33.3 Å². The second-order valence-electron chi connectivity index (χ2n) is 2.66. The number of thiol groups is 1. The van der Waals surface area contributed by atoms with Gasteiger partial charge in [0.05, 0.1) is 5.25 Å². The maximum Gasteiger partial charge on any atom is 0.208 e. The van der Waals surface area contributed by atoms with Gasteiger partial charge in [-0.25, -0.2) is 0 Å². The van der Waals surface area contributed by atoms with Crippen molar-refractivity contribution in [3.8, 4) is 0 Å². The van der Waals surface area contributed by atoms with Crippen molar-refractivity contribution in [3.63, 3.8) is 0 Å². The molecular weight excluding hydrogens is 176 g/mol. The molecule has 0 amide bonds. The Balaban J connectivity index is 2.73. The van der Waals surface area contributed by atoms with Crippen molar-refractivity contribution in [2.24, 2.45) is 20.7 Å². The normalized spacial score (nSPS) is 21.6. The van der Waals surface area contributed by atoms with Crippen molar-refractivity contribution in [2.75, 3.05) is 6.61 Å². The first-order valence-corrected chi connectivity index (χ1v) is 4.40. The molecule has 0 fully saturated rings. The van der Waals surface area contributed by atoms with Gasteiger partial charge in [-0.15, -0.1) is 10.2 Å². The zero-order chi connectivity index (χ0) is 9.03. The van der Waals surface area contributed by atoms with Crippen LogP contribution in [-0.4, -0.2) is 22.6 Å². The molecule has 1 rings (SSSR count). The average molecular weight is 188 g/mol. The summed E-state index contributed by atoms with van der Waals surface area (Å²) in [6, 6.07) is 0. The van der Waals surface area contributed by atoms with E-state index in [1.165, 1.54) is 0 Å². The third kappa shape index (κ3) is 1.64. The largest absolute Gasteiger partial charge is 0.396 e. The molecule has 12 heavy (non-hydrogen) atoms. The number of hydrogen-bond acceptors (Lipinski definition) is 6. The molecule has 0 aliphatic carbocycles. The Hall–Kier alpha value is -0.490. The van der Waals surface area contributed by atoms with Crippen LogP contribution >= 0.6 is 12.6 Å². The highest BCUT2D eigenvalue weighted by molar-refractivity contribution is 7.81. The summed E-state index contributed by atoms with van der Waals surface area (Å²) in [6.07, 6.45) is 1.25. The number of nitrogens with zero attached hydrogens (tertiary/aromatic N) is 4. The lowest BCUT2D eigenvalue weighted by molar-refractivity contribution is 0.237. The van der Waals surface area contributed by atoms with Gasteiger partial charge in [0.15, 0.2) is 0 Å². The van der Waals surface area contributed by atoms with Crippen LogP contribution < -0.4 is 0 Å². The summed E-state index contributed by atoms with van der Waals surface area (Å²) in [4.78, 5) is 0. The summed E-state index contributed by atoms with van der Waals surface area (Å²) in [5.41, 5.74) is -0.716. The molecule has 6 heteroatoms. The third-order valence-corrected chi connectivity index (χ3v) is 2.65. The molecular formula is C6H12N4OS. The van der Waals surface area contributed by atoms with E-state index in [9.17, 15) is 0 Å². The highest BCUT2D eigenvalue weighted by Crippen LogP contribution is 2.32. The van der Waals surface area contributed by atoms with E-state index in [4.69, 9.17) is 5.11 Å². The molecule has 1 heterocycles. The Morgan fingerprint density at radius 2 is 2.00 bits per heavy atom. The SMILES string of the molecule is CCC(S)C1(CCO)N=NN=N1. The third-order valence-electron chi connectivity index (χ3n) is 1.88. The topological polar surface area (TPSA) is 69.7 Å². The van der Waals surface area contributed by atoms with Crippen molar-refractivity contribution in [3.05, 3.63) is 0 Å². The Bertz CT molecular complexity index is 194. The monoisotopic (exact) mass is 188 g/mol. The number of aliphatic hydroxyl groups is 1. The smallest absolute Gasteiger partial charge is 0.208 e. The molecule has 0 saturated carbocycles. The van der Waals surface area contributed by atoms with Crippen molar-refractivity contribution < 1.29 is 5.11 Å².